The van der Waals surface area contributed by atoms with Crippen LogP contribution in [0, 0.1) is 0 Å². The van der Waals surface area contributed by atoms with Gasteiger partial charge in [-0.1, -0.05) is 11.6 Å². The van der Waals surface area contributed by atoms with E-state index in [0.717, 1.165) is 17.1 Å². The number of guanidine groups is 1. The normalized spacial score (nSPS) is 16.6. The number of benzene rings is 1. The summed E-state index contributed by atoms with van der Waals surface area (Å²) in [6.45, 7) is 0.991. The Kier molecular flexibility index (Phi) is 2.34. The van der Waals surface area contributed by atoms with Gasteiger partial charge in [0.05, 0.1) is 18.4 Å². The van der Waals surface area contributed by atoms with Gasteiger partial charge in [-0.3, -0.25) is 10.1 Å². The molecule has 20 heavy (non-hydrogen) atoms. The van der Waals surface area contributed by atoms with Crippen molar-refractivity contribution in [3.05, 3.63) is 41.0 Å². The Morgan fingerprint density at radius 3 is 2.80 bits per heavy atom. The Morgan fingerprint density at radius 2 is 2.00 bits per heavy atom. The second-order valence-corrected chi connectivity index (χ2v) is 5.16. The fraction of sp³-hybridized carbons (Fsp3) is 0.154. The first-order chi connectivity index (χ1) is 9.70. The van der Waals surface area contributed by atoms with Gasteiger partial charge in [0.15, 0.2) is 5.82 Å². The van der Waals surface area contributed by atoms with E-state index >= 15 is 0 Å². The number of fused-ring (bicyclic) bond motifs is 2. The molecular weight excluding hydrogens is 278 g/mol. The van der Waals surface area contributed by atoms with Gasteiger partial charge in [0, 0.05) is 10.6 Å². The van der Waals surface area contributed by atoms with Crippen molar-refractivity contribution in [1.82, 2.24) is 20.0 Å². The predicted octanol–water partition coefficient (Wildman–Crippen LogP) is 1.46. The number of hydrogen-bond acceptors (Lipinski definition) is 4. The van der Waals surface area contributed by atoms with E-state index in [1.165, 1.54) is 0 Å². The summed E-state index contributed by atoms with van der Waals surface area (Å²) in [4.78, 5) is 17.8. The summed E-state index contributed by atoms with van der Waals surface area (Å²) in [7, 11) is 0. The number of amides is 1. The number of nitrogens with zero attached hydrogens (tertiary/aromatic N) is 4. The summed E-state index contributed by atoms with van der Waals surface area (Å²) >= 11 is 5.89. The lowest BCUT2D eigenvalue weighted by molar-refractivity contribution is -0.118. The van der Waals surface area contributed by atoms with Crippen LogP contribution >= 0.6 is 11.6 Å². The topological polar surface area (TPSA) is 62.5 Å². The highest BCUT2D eigenvalue weighted by molar-refractivity contribution is 6.30. The predicted molar refractivity (Wildman–Crippen MR) is 74.2 cm³/mol. The lowest BCUT2D eigenvalue weighted by atomic mass is 10.2. The Labute approximate surface area is 119 Å². The number of rotatable bonds is 1. The molecule has 0 saturated carbocycles. The van der Waals surface area contributed by atoms with Gasteiger partial charge in [-0.15, -0.1) is 0 Å². The van der Waals surface area contributed by atoms with E-state index in [1.54, 1.807) is 10.9 Å². The van der Waals surface area contributed by atoms with Crippen LogP contribution in [-0.4, -0.2) is 33.1 Å². The molecule has 0 radical (unpaired) electrons. The van der Waals surface area contributed by atoms with Crippen LogP contribution in [0.15, 0.2) is 35.5 Å². The lowest BCUT2D eigenvalue weighted by Crippen LogP contribution is -2.32. The molecule has 1 aromatic heterocycles. The second-order valence-electron chi connectivity index (χ2n) is 4.72. The van der Waals surface area contributed by atoms with Crippen LogP contribution in [0.2, 0.25) is 5.02 Å². The molecule has 1 N–H and O–H groups in total. The average molecular weight is 288 g/mol. The summed E-state index contributed by atoms with van der Waals surface area (Å²) in [5.74, 6) is 1.32. The third-order valence-corrected chi connectivity index (χ3v) is 3.60. The van der Waals surface area contributed by atoms with Crippen LogP contribution in [0.3, 0.4) is 0 Å². The first-order valence-corrected chi connectivity index (χ1v) is 6.55. The zero-order chi connectivity index (χ0) is 13.7. The van der Waals surface area contributed by atoms with Crippen LogP contribution < -0.4 is 5.32 Å². The molecule has 1 fully saturated rings. The zero-order valence-corrected chi connectivity index (χ0v) is 11.1. The number of aromatic nitrogens is 2. The molecule has 6 nitrogen and oxygen atoms in total. The summed E-state index contributed by atoms with van der Waals surface area (Å²) in [6, 6.07) is 7.39. The molecule has 0 atom stereocenters. The second kappa shape index (κ2) is 4.08. The number of nitrogens with one attached hydrogen (secondary N) is 1. The fourth-order valence-corrected chi connectivity index (χ4v) is 2.53. The average Bonchev–Trinajstić information content (AvgIpc) is 2.98. The highest BCUT2D eigenvalue weighted by Gasteiger charge is 2.31. The van der Waals surface area contributed by atoms with E-state index in [9.17, 15) is 4.79 Å². The largest absolute Gasteiger partial charge is 0.328 e. The van der Waals surface area contributed by atoms with Gasteiger partial charge >= 0.3 is 0 Å². The number of aliphatic imine (C=N–C) groups is 1. The third-order valence-electron chi connectivity index (χ3n) is 3.35. The minimum absolute atomic E-state index is 0.0279. The fourth-order valence-electron chi connectivity index (χ4n) is 2.40. The van der Waals surface area contributed by atoms with Gasteiger partial charge in [0.2, 0.25) is 11.9 Å². The Morgan fingerprint density at radius 1 is 1.20 bits per heavy atom. The molecule has 1 saturated heterocycles. The molecular formula is C13H10ClN5O. The molecule has 2 aliphatic rings. The minimum Gasteiger partial charge on any atom is -0.328 e. The number of halogens is 1. The molecule has 100 valence electrons. The maximum atomic E-state index is 11.4. The first kappa shape index (κ1) is 11.5. The zero-order valence-electron chi connectivity index (χ0n) is 10.4. The summed E-state index contributed by atoms with van der Waals surface area (Å²) in [5.41, 5.74) is 1.89. The summed E-state index contributed by atoms with van der Waals surface area (Å²) in [5, 5.41) is 7.80. The lowest BCUT2D eigenvalue weighted by Gasteiger charge is -2.20. The Bertz CT molecular complexity index is 734. The van der Waals surface area contributed by atoms with E-state index in [-0.39, 0.29) is 5.91 Å². The highest BCUT2D eigenvalue weighted by Crippen LogP contribution is 2.29. The Balaban J connectivity index is 1.80. The first-order valence-electron chi connectivity index (χ1n) is 6.17. The molecule has 0 spiro atoms. The van der Waals surface area contributed by atoms with Crippen LogP contribution in [-0.2, 0) is 11.3 Å². The molecule has 0 aliphatic carbocycles. The van der Waals surface area contributed by atoms with Crippen molar-refractivity contribution in [2.45, 2.75) is 6.54 Å². The van der Waals surface area contributed by atoms with Gasteiger partial charge in [-0.05, 0) is 24.3 Å². The van der Waals surface area contributed by atoms with Crippen molar-refractivity contribution < 1.29 is 4.79 Å². The van der Waals surface area contributed by atoms with Gasteiger partial charge in [0.1, 0.15) is 6.54 Å². The van der Waals surface area contributed by atoms with Crippen LogP contribution in [0.4, 0.5) is 5.82 Å². The molecule has 0 unspecified atom stereocenters. The van der Waals surface area contributed by atoms with E-state index in [1.807, 2.05) is 29.2 Å². The minimum atomic E-state index is -0.0279. The standard InChI is InChI=1S/C13H10ClN5O/c14-9-1-3-10(4-2-9)19-12-8(5-15-19)6-18-7-11(20)16-13(18)17-12/h1-5H,6-7H2,(H,16,17,20). The van der Waals surface area contributed by atoms with Crippen molar-refractivity contribution >= 4 is 29.3 Å². The monoisotopic (exact) mass is 287 g/mol. The van der Waals surface area contributed by atoms with Crippen LogP contribution in [0.1, 0.15) is 5.56 Å². The van der Waals surface area contributed by atoms with E-state index in [4.69, 9.17) is 11.6 Å². The Hall–Kier alpha value is -2.34. The van der Waals surface area contributed by atoms with E-state index in [2.05, 4.69) is 15.4 Å². The molecule has 2 aromatic rings. The van der Waals surface area contributed by atoms with Crippen LogP contribution in [0.5, 0.6) is 0 Å². The van der Waals surface area contributed by atoms with Gasteiger partial charge in [-0.25, -0.2) is 4.68 Å². The number of hydrogen-bond donors (Lipinski definition) is 1. The summed E-state index contributed by atoms with van der Waals surface area (Å²) < 4.78 is 1.75. The SMILES string of the molecule is O=C1CN2Cc3cnn(-c4ccc(Cl)cc4)c3N=C2N1. The highest BCUT2D eigenvalue weighted by atomic mass is 35.5. The molecule has 7 heteroatoms. The smallest absolute Gasteiger partial charge is 0.246 e. The van der Waals surface area contributed by atoms with Crippen molar-refractivity contribution in [1.29, 1.82) is 0 Å². The molecule has 3 heterocycles. The van der Waals surface area contributed by atoms with Crippen molar-refractivity contribution in [3.8, 4) is 5.69 Å². The van der Waals surface area contributed by atoms with Gasteiger partial charge in [-0.2, -0.15) is 10.1 Å². The van der Waals surface area contributed by atoms with E-state index < -0.39 is 0 Å². The number of carbonyl (C=O) groups is 1. The quantitative estimate of drug-likeness (QED) is 0.864. The van der Waals surface area contributed by atoms with Crippen molar-refractivity contribution in [2.24, 2.45) is 4.99 Å². The maximum absolute atomic E-state index is 11.4. The van der Waals surface area contributed by atoms with Crippen LogP contribution in [0.25, 0.3) is 5.69 Å². The molecule has 2 aliphatic heterocycles. The molecule has 0 bridgehead atoms. The van der Waals surface area contributed by atoms with Gasteiger partial charge in [0.25, 0.3) is 0 Å². The summed E-state index contributed by atoms with van der Waals surface area (Å²) in [6.07, 6.45) is 1.78. The molecule has 1 amide bonds. The van der Waals surface area contributed by atoms with E-state index in [0.29, 0.717) is 24.1 Å². The van der Waals surface area contributed by atoms with Crippen molar-refractivity contribution in [3.63, 3.8) is 0 Å². The third kappa shape index (κ3) is 1.69. The molecule has 1 aromatic carbocycles. The number of carbonyl (C=O) groups excluding carboxylic acids is 1. The maximum Gasteiger partial charge on any atom is 0.246 e. The molecule has 4 rings (SSSR count). The van der Waals surface area contributed by atoms with Gasteiger partial charge < -0.3 is 4.90 Å². The van der Waals surface area contributed by atoms with Crippen molar-refractivity contribution in [2.75, 3.05) is 6.54 Å².